The Hall–Kier alpha value is -3.03. The van der Waals surface area contributed by atoms with E-state index in [0.717, 1.165) is 54.4 Å². The summed E-state index contributed by atoms with van der Waals surface area (Å²) in [6.45, 7) is 6.38. The summed E-state index contributed by atoms with van der Waals surface area (Å²) in [5, 5.41) is 15.4. The van der Waals surface area contributed by atoms with Crippen LogP contribution in [0.1, 0.15) is 38.5 Å². The van der Waals surface area contributed by atoms with Crippen LogP contribution < -0.4 is 15.4 Å². The van der Waals surface area contributed by atoms with Gasteiger partial charge in [0.05, 0.1) is 12.6 Å². The first-order valence-electron chi connectivity index (χ1n) is 9.66. The van der Waals surface area contributed by atoms with Crippen molar-refractivity contribution in [2.45, 2.75) is 39.3 Å². The third kappa shape index (κ3) is 5.03. The van der Waals surface area contributed by atoms with Crippen LogP contribution in [-0.2, 0) is 6.54 Å². The van der Waals surface area contributed by atoms with Crippen molar-refractivity contribution in [3.05, 3.63) is 42.7 Å². The standard InChI is InChI=1S/C20H28N6O2/c1-4-27-17-9-7-8-16-12-18(28-19(16)17)15(2)25-20(21-3)22-10-5-6-11-26-13-23-24-14-26/h7-9,12-15H,4-6,10-11H2,1-3H3,(H2,21,22,25). The van der Waals surface area contributed by atoms with Gasteiger partial charge in [-0.15, -0.1) is 10.2 Å². The van der Waals surface area contributed by atoms with Crippen LogP contribution in [0.25, 0.3) is 11.0 Å². The number of para-hydroxylation sites is 1. The molecule has 1 atom stereocenters. The van der Waals surface area contributed by atoms with Gasteiger partial charge in [-0.2, -0.15) is 0 Å². The molecule has 0 fully saturated rings. The molecule has 1 unspecified atom stereocenters. The van der Waals surface area contributed by atoms with E-state index in [0.29, 0.717) is 6.61 Å². The van der Waals surface area contributed by atoms with Crippen LogP contribution in [0, 0.1) is 0 Å². The molecule has 0 amide bonds. The lowest BCUT2D eigenvalue weighted by Crippen LogP contribution is -2.39. The first-order valence-corrected chi connectivity index (χ1v) is 9.66. The Morgan fingerprint density at radius 2 is 2.11 bits per heavy atom. The van der Waals surface area contributed by atoms with Gasteiger partial charge in [0.1, 0.15) is 18.4 Å². The number of unbranched alkanes of at least 4 members (excludes halogenated alkanes) is 1. The number of ether oxygens (including phenoxy) is 1. The number of nitrogens with zero attached hydrogens (tertiary/aromatic N) is 4. The Kier molecular flexibility index (Phi) is 6.89. The molecule has 8 nitrogen and oxygen atoms in total. The third-order valence-electron chi connectivity index (χ3n) is 4.43. The highest BCUT2D eigenvalue weighted by molar-refractivity contribution is 5.84. The Bertz CT molecular complexity index is 887. The second-order valence-electron chi connectivity index (χ2n) is 6.53. The fourth-order valence-electron chi connectivity index (χ4n) is 2.97. The average Bonchev–Trinajstić information content (AvgIpc) is 3.37. The number of aromatic nitrogens is 3. The Balaban J connectivity index is 1.51. The molecule has 0 saturated heterocycles. The largest absolute Gasteiger partial charge is 0.490 e. The van der Waals surface area contributed by atoms with Crippen molar-refractivity contribution >= 4 is 16.9 Å². The van der Waals surface area contributed by atoms with E-state index in [-0.39, 0.29) is 6.04 Å². The van der Waals surface area contributed by atoms with E-state index in [1.54, 1.807) is 19.7 Å². The molecule has 3 rings (SSSR count). The minimum Gasteiger partial charge on any atom is -0.490 e. The first kappa shape index (κ1) is 19.7. The van der Waals surface area contributed by atoms with Crippen molar-refractivity contribution in [2.75, 3.05) is 20.2 Å². The van der Waals surface area contributed by atoms with Crippen molar-refractivity contribution in [3.8, 4) is 5.75 Å². The van der Waals surface area contributed by atoms with Gasteiger partial charge < -0.3 is 24.4 Å². The van der Waals surface area contributed by atoms with Gasteiger partial charge in [-0.3, -0.25) is 4.99 Å². The lowest BCUT2D eigenvalue weighted by Gasteiger charge is -2.16. The lowest BCUT2D eigenvalue weighted by molar-refractivity contribution is 0.336. The summed E-state index contributed by atoms with van der Waals surface area (Å²) in [6.07, 6.45) is 5.54. The predicted octanol–water partition coefficient (Wildman–Crippen LogP) is 3.13. The van der Waals surface area contributed by atoms with E-state index < -0.39 is 0 Å². The molecular weight excluding hydrogens is 356 g/mol. The zero-order valence-corrected chi connectivity index (χ0v) is 16.7. The molecule has 8 heteroatoms. The molecule has 0 saturated carbocycles. The van der Waals surface area contributed by atoms with Gasteiger partial charge in [0.15, 0.2) is 17.3 Å². The molecule has 0 aliphatic rings. The SMILES string of the molecule is CCOc1cccc2cc(C(C)NC(=NC)NCCCCn3cnnc3)oc12. The van der Waals surface area contributed by atoms with Crippen molar-refractivity contribution < 1.29 is 9.15 Å². The number of furan rings is 1. The molecule has 150 valence electrons. The first-order chi connectivity index (χ1) is 13.7. The highest BCUT2D eigenvalue weighted by atomic mass is 16.5. The molecule has 2 heterocycles. The van der Waals surface area contributed by atoms with Crippen LogP contribution >= 0.6 is 0 Å². The number of hydrogen-bond acceptors (Lipinski definition) is 5. The number of guanidine groups is 1. The average molecular weight is 384 g/mol. The molecule has 2 N–H and O–H groups in total. The maximum absolute atomic E-state index is 6.06. The van der Waals surface area contributed by atoms with Gasteiger partial charge in [0.2, 0.25) is 0 Å². The fraction of sp³-hybridized carbons (Fsp3) is 0.450. The molecule has 1 aromatic carbocycles. The lowest BCUT2D eigenvalue weighted by atomic mass is 10.2. The van der Waals surface area contributed by atoms with E-state index in [9.17, 15) is 0 Å². The molecule has 0 radical (unpaired) electrons. The van der Waals surface area contributed by atoms with Crippen molar-refractivity contribution in [2.24, 2.45) is 4.99 Å². The predicted molar refractivity (Wildman–Crippen MR) is 110 cm³/mol. The maximum atomic E-state index is 6.06. The zero-order valence-electron chi connectivity index (χ0n) is 16.7. The van der Waals surface area contributed by atoms with E-state index in [4.69, 9.17) is 9.15 Å². The normalized spacial score (nSPS) is 12.9. The molecule has 28 heavy (non-hydrogen) atoms. The monoisotopic (exact) mass is 384 g/mol. The summed E-state index contributed by atoms with van der Waals surface area (Å²) in [6, 6.07) is 7.95. The maximum Gasteiger partial charge on any atom is 0.191 e. The van der Waals surface area contributed by atoms with Crippen molar-refractivity contribution in [1.82, 2.24) is 25.4 Å². The van der Waals surface area contributed by atoms with Crippen molar-refractivity contribution in [1.29, 1.82) is 0 Å². The minimum atomic E-state index is -0.0231. The Morgan fingerprint density at radius 1 is 1.29 bits per heavy atom. The number of aliphatic imine (C=N–C) groups is 1. The van der Waals surface area contributed by atoms with E-state index >= 15 is 0 Å². The van der Waals surface area contributed by atoms with Gasteiger partial charge in [-0.05, 0) is 38.8 Å². The third-order valence-corrected chi connectivity index (χ3v) is 4.43. The van der Waals surface area contributed by atoms with Gasteiger partial charge in [0, 0.05) is 25.5 Å². The van der Waals surface area contributed by atoms with Crippen LogP contribution in [0.4, 0.5) is 0 Å². The Labute approximate surface area is 165 Å². The van der Waals surface area contributed by atoms with E-state index in [1.807, 2.05) is 35.8 Å². The molecular formula is C20H28N6O2. The van der Waals surface area contributed by atoms with Crippen LogP contribution in [0.2, 0.25) is 0 Å². The highest BCUT2D eigenvalue weighted by Crippen LogP contribution is 2.31. The summed E-state index contributed by atoms with van der Waals surface area (Å²) in [5.74, 6) is 2.37. The second-order valence-corrected chi connectivity index (χ2v) is 6.53. The number of rotatable bonds is 9. The van der Waals surface area contributed by atoms with Crippen molar-refractivity contribution in [3.63, 3.8) is 0 Å². The summed E-state index contributed by atoms with van der Waals surface area (Å²) >= 11 is 0. The quantitative estimate of drug-likeness (QED) is 0.335. The van der Waals surface area contributed by atoms with Gasteiger partial charge >= 0.3 is 0 Å². The summed E-state index contributed by atoms with van der Waals surface area (Å²) < 4.78 is 13.7. The summed E-state index contributed by atoms with van der Waals surface area (Å²) in [5.41, 5.74) is 0.782. The van der Waals surface area contributed by atoms with Crippen LogP contribution in [0.3, 0.4) is 0 Å². The number of benzene rings is 1. The molecule has 0 aliphatic heterocycles. The molecule has 3 aromatic rings. The van der Waals surface area contributed by atoms with E-state index in [2.05, 4.69) is 32.7 Å². The van der Waals surface area contributed by atoms with Gasteiger partial charge in [0.25, 0.3) is 0 Å². The number of hydrogen-bond donors (Lipinski definition) is 2. The molecule has 0 bridgehead atoms. The Morgan fingerprint density at radius 3 is 2.86 bits per heavy atom. The molecule has 0 spiro atoms. The summed E-state index contributed by atoms with van der Waals surface area (Å²) in [4.78, 5) is 4.30. The highest BCUT2D eigenvalue weighted by Gasteiger charge is 2.15. The van der Waals surface area contributed by atoms with Gasteiger partial charge in [-0.1, -0.05) is 12.1 Å². The van der Waals surface area contributed by atoms with Gasteiger partial charge in [-0.25, -0.2) is 0 Å². The second kappa shape index (κ2) is 9.77. The van der Waals surface area contributed by atoms with Crippen LogP contribution in [0.15, 0.2) is 46.3 Å². The number of nitrogens with one attached hydrogen (secondary N) is 2. The van der Waals surface area contributed by atoms with Crippen LogP contribution in [0.5, 0.6) is 5.75 Å². The fourth-order valence-corrected chi connectivity index (χ4v) is 2.97. The topological polar surface area (TPSA) is 89.5 Å². The summed E-state index contributed by atoms with van der Waals surface area (Å²) in [7, 11) is 1.77. The smallest absolute Gasteiger partial charge is 0.191 e. The van der Waals surface area contributed by atoms with Crippen LogP contribution in [-0.4, -0.2) is 40.9 Å². The van der Waals surface area contributed by atoms with E-state index in [1.165, 1.54) is 0 Å². The number of fused-ring (bicyclic) bond motifs is 1. The molecule has 0 aliphatic carbocycles. The number of aryl methyl sites for hydroxylation is 1. The molecule has 2 aromatic heterocycles. The zero-order chi connectivity index (χ0) is 19.8. The minimum absolute atomic E-state index is 0.0231.